The van der Waals surface area contributed by atoms with Crippen molar-refractivity contribution in [3.05, 3.63) is 96.1 Å². The predicted molar refractivity (Wildman–Crippen MR) is 107 cm³/mol. The molecule has 0 heteroatoms. The van der Waals surface area contributed by atoms with Gasteiger partial charge >= 0.3 is 0 Å². The Labute approximate surface area is 146 Å². The zero-order chi connectivity index (χ0) is 16.4. The summed E-state index contributed by atoms with van der Waals surface area (Å²) in [4.78, 5) is 0. The molecule has 1 aliphatic rings. The highest BCUT2D eigenvalue weighted by Crippen LogP contribution is 2.45. The van der Waals surface area contributed by atoms with Crippen LogP contribution in [0.3, 0.4) is 0 Å². The first-order valence-corrected chi connectivity index (χ1v) is 8.84. The molecule has 0 nitrogen and oxygen atoms in total. The summed E-state index contributed by atoms with van der Waals surface area (Å²) in [6, 6.07) is 31.2. The van der Waals surface area contributed by atoms with E-state index in [9.17, 15) is 0 Å². The molecule has 0 aromatic heterocycles. The van der Waals surface area contributed by atoms with Crippen LogP contribution in [0, 0.1) is 0 Å². The Kier molecular flexibility index (Phi) is 2.48. The fourth-order valence-electron chi connectivity index (χ4n) is 4.56. The van der Waals surface area contributed by atoms with Gasteiger partial charge in [-0.3, -0.25) is 0 Å². The molecule has 0 radical (unpaired) electrons. The van der Waals surface area contributed by atoms with Gasteiger partial charge in [-0.25, -0.2) is 0 Å². The summed E-state index contributed by atoms with van der Waals surface area (Å²) in [5.41, 5.74) is 5.79. The molecule has 0 N–H and O–H groups in total. The molecular formula is C25H16. The number of hydrogen-bond acceptors (Lipinski definition) is 0. The third-order valence-electron chi connectivity index (χ3n) is 5.67. The summed E-state index contributed by atoms with van der Waals surface area (Å²) in [5.74, 6) is 0. The molecule has 0 bridgehead atoms. The summed E-state index contributed by atoms with van der Waals surface area (Å²) in [6.45, 7) is 0. The monoisotopic (exact) mass is 316 g/mol. The molecular weight excluding hydrogens is 300 g/mol. The second kappa shape index (κ2) is 4.70. The van der Waals surface area contributed by atoms with Gasteiger partial charge in [0, 0.05) is 0 Å². The molecule has 0 fully saturated rings. The molecule has 0 aliphatic heterocycles. The normalized spacial score (nSPS) is 12.6. The van der Waals surface area contributed by atoms with Crippen LogP contribution in [0.5, 0.6) is 0 Å². The van der Waals surface area contributed by atoms with Crippen LogP contribution in [0.25, 0.3) is 43.4 Å². The third kappa shape index (κ3) is 1.71. The average molecular weight is 316 g/mol. The molecule has 0 atom stereocenters. The third-order valence-corrected chi connectivity index (χ3v) is 5.67. The molecule has 1 aliphatic carbocycles. The van der Waals surface area contributed by atoms with Gasteiger partial charge in [0.15, 0.2) is 0 Å². The number of hydrogen-bond donors (Lipinski definition) is 0. The lowest BCUT2D eigenvalue weighted by molar-refractivity contribution is 1.29. The van der Waals surface area contributed by atoms with Gasteiger partial charge in [-0.2, -0.15) is 0 Å². The molecule has 0 saturated carbocycles. The maximum absolute atomic E-state index is 2.32. The van der Waals surface area contributed by atoms with Gasteiger partial charge in [-0.1, -0.05) is 84.9 Å². The van der Waals surface area contributed by atoms with E-state index >= 15 is 0 Å². The van der Waals surface area contributed by atoms with E-state index in [2.05, 4.69) is 84.9 Å². The van der Waals surface area contributed by atoms with Gasteiger partial charge in [0.2, 0.25) is 0 Å². The van der Waals surface area contributed by atoms with E-state index in [0.29, 0.717) is 0 Å². The van der Waals surface area contributed by atoms with E-state index < -0.39 is 0 Å². The van der Waals surface area contributed by atoms with E-state index in [4.69, 9.17) is 0 Å². The van der Waals surface area contributed by atoms with E-state index in [-0.39, 0.29) is 0 Å². The number of rotatable bonds is 0. The Hall–Kier alpha value is -3.12. The van der Waals surface area contributed by atoms with Crippen LogP contribution in [0.4, 0.5) is 0 Å². The van der Waals surface area contributed by atoms with E-state index in [1.807, 2.05) is 0 Å². The van der Waals surface area contributed by atoms with Crippen LogP contribution in [0.2, 0.25) is 0 Å². The first kappa shape index (κ1) is 13.2. The largest absolute Gasteiger partial charge is 0.0616 e. The average Bonchev–Trinajstić information content (AvgIpc) is 3.07. The highest BCUT2D eigenvalue weighted by molar-refractivity contribution is 6.13. The molecule has 0 spiro atoms. The minimum absolute atomic E-state index is 1.03. The number of fused-ring (bicyclic) bond motifs is 9. The maximum atomic E-state index is 2.32. The quantitative estimate of drug-likeness (QED) is 0.273. The minimum atomic E-state index is 1.03. The van der Waals surface area contributed by atoms with Crippen LogP contribution in [0.15, 0.2) is 84.9 Å². The first-order chi connectivity index (χ1) is 12.4. The molecule has 0 saturated heterocycles. The van der Waals surface area contributed by atoms with E-state index in [0.717, 1.165) is 6.42 Å². The molecule has 0 heterocycles. The van der Waals surface area contributed by atoms with Crippen molar-refractivity contribution in [1.82, 2.24) is 0 Å². The standard InChI is InChI=1S/C25H16/c1-3-7-20-16(5-1)9-11-18-13-14-22-23(24(18)20)15-19-12-10-17-6-2-4-8-21(17)25(19)22/h1-14H,15H2. The van der Waals surface area contributed by atoms with E-state index in [1.165, 1.54) is 54.6 Å². The van der Waals surface area contributed by atoms with Gasteiger partial charge < -0.3 is 0 Å². The van der Waals surface area contributed by atoms with Crippen LogP contribution >= 0.6 is 0 Å². The maximum Gasteiger partial charge on any atom is -0.000683 e. The summed E-state index contributed by atoms with van der Waals surface area (Å²) in [5, 5.41) is 8.16. The SMILES string of the molecule is c1ccc2c3c(ccc2c1)Cc1c-3ccc2ccc3ccccc3c12. The lowest BCUT2D eigenvalue weighted by atomic mass is 9.93. The van der Waals surface area contributed by atoms with Crippen molar-refractivity contribution in [1.29, 1.82) is 0 Å². The fraction of sp³-hybridized carbons (Fsp3) is 0.0400. The van der Waals surface area contributed by atoms with Crippen molar-refractivity contribution in [2.75, 3.05) is 0 Å². The smallest absolute Gasteiger partial charge is 0.000683 e. The topological polar surface area (TPSA) is 0 Å². The molecule has 116 valence electrons. The second-order valence-electron chi connectivity index (χ2n) is 6.97. The van der Waals surface area contributed by atoms with Crippen LogP contribution in [-0.2, 0) is 6.42 Å². The van der Waals surface area contributed by atoms with Gasteiger partial charge in [-0.05, 0) is 61.0 Å². The molecule has 25 heavy (non-hydrogen) atoms. The lowest BCUT2D eigenvalue weighted by Gasteiger charge is -2.10. The Morgan fingerprint density at radius 2 is 1.16 bits per heavy atom. The van der Waals surface area contributed by atoms with Crippen molar-refractivity contribution in [2.45, 2.75) is 6.42 Å². The van der Waals surface area contributed by atoms with Crippen molar-refractivity contribution in [2.24, 2.45) is 0 Å². The van der Waals surface area contributed by atoms with Crippen LogP contribution in [0.1, 0.15) is 11.1 Å². The highest BCUT2D eigenvalue weighted by atomic mass is 14.3. The first-order valence-electron chi connectivity index (χ1n) is 8.84. The van der Waals surface area contributed by atoms with Crippen molar-refractivity contribution >= 4 is 32.3 Å². The Morgan fingerprint density at radius 1 is 0.520 bits per heavy atom. The molecule has 0 amide bonds. The van der Waals surface area contributed by atoms with Crippen LogP contribution < -0.4 is 0 Å². The Balaban J connectivity index is 1.80. The van der Waals surface area contributed by atoms with E-state index in [1.54, 1.807) is 0 Å². The summed E-state index contributed by atoms with van der Waals surface area (Å²) >= 11 is 0. The summed E-state index contributed by atoms with van der Waals surface area (Å²) in [7, 11) is 0. The predicted octanol–water partition coefficient (Wildman–Crippen LogP) is 6.72. The van der Waals surface area contributed by atoms with Gasteiger partial charge in [0.25, 0.3) is 0 Å². The Morgan fingerprint density at radius 3 is 2.04 bits per heavy atom. The zero-order valence-electron chi connectivity index (χ0n) is 13.8. The molecule has 0 unspecified atom stereocenters. The van der Waals surface area contributed by atoms with Crippen molar-refractivity contribution in [3.63, 3.8) is 0 Å². The van der Waals surface area contributed by atoms with Crippen LogP contribution in [-0.4, -0.2) is 0 Å². The lowest BCUT2D eigenvalue weighted by Crippen LogP contribution is -1.86. The zero-order valence-corrected chi connectivity index (χ0v) is 13.8. The number of benzene rings is 5. The molecule has 5 aromatic rings. The summed E-state index contributed by atoms with van der Waals surface area (Å²) in [6.07, 6.45) is 1.03. The van der Waals surface area contributed by atoms with Crippen molar-refractivity contribution in [3.8, 4) is 11.1 Å². The van der Waals surface area contributed by atoms with Gasteiger partial charge in [0.1, 0.15) is 0 Å². The second-order valence-corrected chi connectivity index (χ2v) is 6.97. The van der Waals surface area contributed by atoms with Gasteiger partial charge in [-0.15, -0.1) is 0 Å². The van der Waals surface area contributed by atoms with Crippen molar-refractivity contribution < 1.29 is 0 Å². The molecule has 5 aromatic carbocycles. The summed E-state index contributed by atoms with van der Waals surface area (Å²) < 4.78 is 0. The van der Waals surface area contributed by atoms with Gasteiger partial charge in [0.05, 0.1) is 0 Å². The molecule has 6 rings (SSSR count). The minimum Gasteiger partial charge on any atom is -0.0616 e. The fourth-order valence-corrected chi connectivity index (χ4v) is 4.56. The Bertz CT molecular complexity index is 1310. The highest BCUT2D eigenvalue weighted by Gasteiger charge is 2.23.